The molecule has 0 fully saturated rings. The molecule has 0 atom stereocenters. The molecule has 0 saturated carbocycles. The summed E-state index contributed by atoms with van der Waals surface area (Å²) in [6.07, 6.45) is 1.89. The van der Waals surface area contributed by atoms with E-state index in [0.717, 1.165) is 43.3 Å². The minimum absolute atomic E-state index is 0.798. The van der Waals surface area contributed by atoms with Crippen LogP contribution in [0.25, 0.3) is 31.9 Å². The lowest BCUT2D eigenvalue weighted by Gasteiger charge is -2.07. The highest BCUT2D eigenvalue weighted by Gasteiger charge is 2.13. The highest BCUT2D eigenvalue weighted by atomic mass is 32.1. The van der Waals surface area contributed by atoms with Gasteiger partial charge in [-0.25, -0.2) is 0 Å². The summed E-state index contributed by atoms with van der Waals surface area (Å²) in [5.41, 5.74) is 3.06. The van der Waals surface area contributed by atoms with Gasteiger partial charge in [0.05, 0.1) is 15.4 Å². The van der Waals surface area contributed by atoms with E-state index in [0.29, 0.717) is 0 Å². The molecule has 0 spiro atoms. The van der Waals surface area contributed by atoms with Crippen LogP contribution in [0.1, 0.15) is 5.56 Å². The van der Waals surface area contributed by atoms with Crippen molar-refractivity contribution in [2.24, 2.45) is 0 Å². The molecule has 0 radical (unpaired) electrons. The van der Waals surface area contributed by atoms with E-state index in [-0.39, 0.29) is 0 Å². The molecule has 4 rings (SSSR count). The molecule has 118 valence electrons. The van der Waals surface area contributed by atoms with Gasteiger partial charge in [-0.1, -0.05) is 30.3 Å². The van der Waals surface area contributed by atoms with Crippen LogP contribution in [0.5, 0.6) is 0 Å². The Morgan fingerprint density at radius 2 is 1.67 bits per heavy atom. The molecule has 5 heteroatoms. The highest BCUT2D eigenvalue weighted by molar-refractivity contribution is 7.18. The second kappa shape index (κ2) is 6.02. The van der Waals surface area contributed by atoms with Crippen LogP contribution in [0, 0.1) is 6.92 Å². The SMILES string of the molecule is CNc1nnc(-c2ccc(-c3ccc(C)cn3)s2)c2ccccc12. The first kappa shape index (κ1) is 14.8. The first-order chi connectivity index (χ1) is 11.8. The van der Waals surface area contributed by atoms with Crippen molar-refractivity contribution in [3.05, 3.63) is 60.3 Å². The molecule has 0 aliphatic heterocycles. The average molecular weight is 332 g/mol. The molecule has 0 amide bonds. The second-order valence-corrected chi connectivity index (χ2v) is 6.66. The summed E-state index contributed by atoms with van der Waals surface area (Å²) in [4.78, 5) is 6.74. The van der Waals surface area contributed by atoms with E-state index in [1.807, 2.05) is 32.3 Å². The van der Waals surface area contributed by atoms with Crippen LogP contribution in [0.4, 0.5) is 5.82 Å². The van der Waals surface area contributed by atoms with Crippen LogP contribution in [0.15, 0.2) is 54.7 Å². The maximum Gasteiger partial charge on any atom is 0.156 e. The van der Waals surface area contributed by atoms with Crippen molar-refractivity contribution in [3.63, 3.8) is 0 Å². The molecule has 1 N–H and O–H groups in total. The zero-order valence-electron chi connectivity index (χ0n) is 13.4. The predicted octanol–water partition coefficient (Wildman–Crippen LogP) is 4.77. The summed E-state index contributed by atoms with van der Waals surface area (Å²) in [6, 6.07) is 16.5. The van der Waals surface area contributed by atoms with Gasteiger partial charge in [-0.3, -0.25) is 4.98 Å². The number of fused-ring (bicyclic) bond motifs is 1. The maximum atomic E-state index is 4.51. The van der Waals surface area contributed by atoms with Gasteiger partial charge in [0.15, 0.2) is 5.82 Å². The van der Waals surface area contributed by atoms with Gasteiger partial charge in [0.2, 0.25) is 0 Å². The first-order valence-electron chi connectivity index (χ1n) is 7.72. The lowest BCUT2D eigenvalue weighted by atomic mass is 10.1. The largest absolute Gasteiger partial charge is 0.371 e. The smallest absolute Gasteiger partial charge is 0.156 e. The quantitative estimate of drug-likeness (QED) is 0.587. The molecule has 4 nitrogen and oxygen atoms in total. The third kappa shape index (κ3) is 2.53. The first-order valence-corrected chi connectivity index (χ1v) is 8.54. The fourth-order valence-corrected chi connectivity index (χ4v) is 3.67. The number of thiophene rings is 1. The molecule has 0 aliphatic rings. The molecular formula is C19H16N4S. The summed E-state index contributed by atoms with van der Waals surface area (Å²) >= 11 is 1.69. The van der Waals surface area contributed by atoms with Crippen molar-refractivity contribution in [3.8, 4) is 21.1 Å². The number of anilines is 1. The Labute approximate surface area is 144 Å². The molecular weight excluding hydrogens is 316 g/mol. The number of nitrogens with zero attached hydrogens (tertiary/aromatic N) is 3. The molecule has 0 saturated heterocycles. The van der Waals surface area contributed by atoms with Crippen LogP contribution in [0.2, 0.25) is 0 Å². The van der Waals surface area contributed by atoms with E-state index in [1.165, 1.54) is 0 Å². The molecule has 4 aromatic rings. The summed E-state index contributed by atoms with van der Waals surface area (Å²) in [5, 5.41) is 14.1. The Kier molecular flexibility index (Phi) is 3.70. The Hall–Kier alpha value is -2.79. The second-order valence-electron chi connectivity index (χ2n) is 5.58. The van der Waals surface area contributed by atoms with Gasteiger partial charge < -0.3 is 5.32 Å². The maximum absolute atomic E-state index is 4.51. The number of hydrogen-bond donors (Lipinski definition) is 1. The van der Waals surface area contributed by atoms with E-state index in [9.17, 15) is 0 Å². The number of nitrogens with one attached hydrogen (secondary N) is 1. The summed E-state index contributed by atoms with van der Waals surface area (Å²) < 4.78 is 0. The van der Waals surface area contributed by atoms with Crippen LogP contribution in [0.3, 0.4) is 0 Å². The number of benzene rings is 1. The minimum Gasteiger partial charge on any atom is -0.371 e. The summed E-state index contributed by atoms with van der Waals surface area (Å²) in [7, 11) is 1.86. The van der Waals surface area contributed by atoms with Gasteiger partial charge in [0.25, 0.3) is 0 Å². The standard InChI is InChI=1S/C19H16N4S/c1-12-7-8-15(21-11-12)16-9-10-17(24-16)18-13-5-3-4-6-14(13)19(20-2)23-22-18/h3-11H,1-2H3,(H,20,23). The Balaban J connectivity index is 1.83. The minimum atomic E-state index is 0.798. The zero-order valence-corrected chi connectivity index (χ0v) is 14.3. The van der Waals surface area contributed by atoms with Gasteiger partial charge in [-0.05, 0) is 30.7 Å². The number of aryl methyl sites for hydroxylation is 1. The third-order valence-corrected chi connectivity index (χ3v) is 5.04. The average Bonchev–Trinajstić information content (AvgIpc) is 3.11. The molecule has 3 heterocycles. The van der Waals surface area contributed by atoms with E-state index in [4.69, 9.17) is 0 Å². The van der Waals surface area contributed by atoms with Crippen molar-refractivity contribution in [2.45, 2.75) is 6.92 Å². The molecule has 0 bridgehead atoms. The van der Waals surface area contributed by atoms with Gasteiger partial charge in [0.1, 0.15) is 5.69 Å². The van der Waals surface area contributed by atoms with Crippen LogP contribution in [-0.4, -0.2) is 22.2 Å². The van der Waals surface area contributed by atoms with Crippen molar-refractivity contribution in [1.82, 2.24) is 15.2 Å². The zero-order chi connectivity index (χ0) is 16.5. The number of pyridine rings is 1. The van der Waals surface area contributed by atoms with E-state index < -0.39 is 0 Å². The van der Waals surface area contributed by atoms with Crippen molar-refractivity contribution < 1.29 is 0 Å². The normalized spacial score (nSPS) is 10.9. The van der Waals surface area contributed by atoms with Gasteiger partial charge >= 0.3 is 0 Å². The van der Waals surface area contributed by atoms with Crippen LogP contribution >= 0.6 is 11.3 Å². The Bertz CT molecular complexity index is 1010. The number of hydrogen-bond acceptors (Lipinski definition) is 5. The van der Waals surface area contributed by atoms with Crippen molar-refractivity contribution in [2.75, 3.05) is 12.4 Å². The fourth-order valence-electron chi connectivity index (χ4n) is 2.69. The number of aromatic nitrogens is 3. The Morgan fingerprint density at radius 3 is 2.42 bits per heavy atom. The van der Waals surface area contributed by atoms with Gasteiger partial charge in [-0.15, -0.1) is 21.5 Å². The molecule has 24 heavy (non-hydrogen) atoms. The monoisotopic (exact) mass is 332 g/mol. The van der Waals surface area contributed by atoms with Crippen LogP contribution < -0.4 is 5.32 Å². The lowest BCUT2D eigenvalue weighted by molar-refractivity contribution is 1.06. The van der Waals surface area contributed by atoms with E-state index in [1.54, 1.807) is 11.3 Å². The molecule has 0 unspecified atom stereocenters. The van der Waals surface area contributed by atoms with Crippen molar-refractivity contribution in [1.29, 1.82) is 0 Å². The molecule has 1 aromatic carbocycles. The van der Waals surface area contributed by atoms with E-state index in [2.05, 4.69) is 56.9 Å². The molecule has 0 aliphatic carbocycles. The highest BCUT2D eigenvalue weighted by Crippen LogP contribution is 2.36. The summed E-state index contributed by atoms with van der Waals surface area (Å²) in [5.74, 6) is 0.798. The van der Waals surface area contributed by atoms with E-state index >= 15 is 0 Å². The molecule has 3 aromatic heterocycles. The predicted molar refractivity (Wildman–Crippen MR) is 100 cm³/mol. The fraction of sp³-hybridized carbons (Fsp3) is 0.105. The lowest BCUT2D eigenvalue weighted by Crippen LogP contribution is -1.97. The third-order valence-electron chi connectivity index (χ3n) is 3.93. The Morgan fingerprint density at radius 1 is 0.875 bits per heavy atom. The van der Waals surface area contributed by atoms with Gasteiger partial charge in [0, 0.05) is 24.0 Å². The summed E-state index contributed by atoms with van der Waals surface area (Å²) in [6.45, 7) is 2.04. The number of rotatable bonds is 3. The van der Waals surface area contributed by atoms with Crippen LogP contribution in [-0.2, 0) is 0 Å². The topological polar surface area (TPSA) is 50.7 Å². The van der Waals surface area contributed by atoms with Crippen molar-refractivity contribution >= 4 is 27.9 Å². The van der Waals surface area contributed by atoms with Gasteiger partial charge in [-0.2, -0.15) is 0 Å².